The number of carbonyl (C=O) groups excluding carboxylic acids is 2. The molecule has 0 fully saturated rings. The molecule has 0 atom stereocenters. The van der Waals surface area contributed by atoms with Crippen LogP contribution in [0.1, 0.15) is 24.2 Å². The zero-order valence-electron chi connectivity index (χ0n) is 13.5. The Bertz CT molecular complexity index is 746. The van der Waals surface area contributed by atoms with Gasteiger partial charge in [-0.2, -0.15) is 0 Å². The Labute approximate surface area is 145 Å². The summed E-state index contributed by atoms with van der Waals surface area (Å²) in [6.07, 6.45) is 0. The van der Waals surface area contributed by atoms with Crippen molar-refractivity contribution in [3.8, 4) is 11.5 Å². The van der Waals surface area contributed by atoms with Crippen LogP contribution in [-0.4, -0.2) is 24.9 Å². The molecule has 0 saturated carbocycles. The van der Waals surface area contributed by atoms with Gasteiger partial charge in [-0.05, 0) is 43.3 Å². The highest BCUT2D eigenvalue weighted by molar-refractivity contribution is 6.30. The molecule has 1 N–H and O–H groups in total. The van der Waals surface area contributed by atoms with Gasteiger partial charge in [-0.15, -0.1) is 0 Å². The van der Waals surface area contributed by atoms with Crippen molar-refractivity contribution in [1.82, 2.24) is 0 Å². The van der Waals surface area contributed by atoms with Gasteiger partial charge in [-0.1, -0.05) is 17.7 Å². The Kier molecular flexibility index (Phi) is 6.21. The highest BCUT2D eigenvalue weighted by Crippen LogP contribution is 2.26. The van der Waals surface area contributed by atoms with Crippen molar-refractivity contribution in [1.29, 1.82) is 0 Å². The molecule has 0 heterocycles. The lowest BCUT2D eigenvalue weighted by Gasteiger charge is -2.13. The minimum Gasteiger partial charge on any atom is -0.490 e. The molecule has 0 aliphatic heterocycles. The molecule has 5 nitrogen and oxygen atoms in total. The average molecular weight is 348 g/mol. The quantitative estimate of drug-likeness (QED) is 0.608. The second-order valence-electron chi connectivity index (χ2n) is 5.10. The summed E-state index contributed by atoms with van der Waals surface area (Å²) in [6, 6.07) is 12.0. The molecule has 6 heteroatoms. The van der Waals surface area contributed by atoms with Gasteiger partial charge in [0.2, 0.25) is 5.91 Å². The molecule has 1 amide bonds. The highest BCUT2D eigenvalue weighted by Gasteiger charge is 2.09. The van der Waals surface area contributed by atoms with Crippen LogP contribution in [0.5, 0.6) is 11.5 Å². The number of ether oxygens (including phenoxy) is 2. The lowest BCUT2D eigenvalue weighted by molar-refractivity contribution is -0.114. The van der Waals surface area contributed by atoms with E-state index in [0.29, 0.717) is 34.4 Å². The lowest BCUT2D eigenvalue weighted by Crippen LogP contribution is -2.12. The van der Waals surface area contributed by atoms with Crippen LogP contribution in [0.2, 0.25) is 5.02 Å². The number of hydrogen-bond acceptors (Lipinski definition) is 4. The average Bonchev–Trinajstić information content (AvgIpc) is 2.52. The largest absolute Gasteiger partial charge is 0.490 e. The van der Waals surface area contributed by atoms with Crippen molar-refractivity contribution in [2.45, 2.75) is 13.8 Å². The van der Waals surface area contributed by atoms with Crippen molar-refractivity contribution in [3.63, 3.8) is 0 Å². The Hall–Kier alpha value is -2.53. The Morgan fingerprint density at radius 3 is 2.46 bits per heavy atom. The van der Waals surface area contributed by atoms with Crippen molar-refractivity contribution in [2.24, 2.45) is 0 Å². The fourth-order valence-corrected chi connectivity index (χ4v) is 2.20. The van der Waals surface area contributed by atoms with Gasteiger partial charge in [0.15, 0.2) is 5.78 Å². The number of rotatable bonds is 7. The topological polar surface area (TPSA) is 64.6 Å². The predicted molar refractivity (Wildman–Crippen MR) is 93.2 cm³/mol. The first-order valence-corrected chi connectivity index (χ1v) is 7.77. The van der Waals surface area contributed by atoms with Gasteiger partial charge in [0, 0.05) is 17.5 Å². The summed E-state index contributed by atoms with van der Waals surface area (Å²) in [6.45, 7) is 3.43. The molecule has 0 radical (unpaired) electrons. The maximum absolute atomic E-state index is 11.5. The number of anilines is 1. The van der Waals surface area contributed by atoms with Gasteiger partial charge in [0.1, 0.15) is 24.7 Å². The van der Waals surface area contributed by atoms with Crippen LogP contribution in [0, 0.1) is 0 Å². The Morgan fingerprint density at radius 1 is 1.04 bits per heavy atom. The zero-order chi connectivity index (χ0) is 17.5. The lowest BCUT2D eigenvalue weighted by atomic mass is 10.1. The zero-order valence-corrected chi connectivity index (χ0v) is 14.2. The minimum absolute atomic E-state index is 0.0793. The molecule has 0 aliphatic rings. The van der Waals surface area contributed by atoms with E-state index >= 15 is 0 Å². The second-order valence-corrected chi connectivity index (χ2v) is 5.54. The first-order valence-electron chi connectivity index (χ1n) is 7.39. The standard InChI is InChI=1S/C18H18ClNO4/c1-12(21)14-6-7-17(20-13(2)22)18(10-14)24-9-8-23-16-5-3-4-15(19)11-16/h3-7,10-11H,8-9H2,1-2H3,(H,20,22). The number of ketones is 1. The number of halogens is 1. The van der Waals surface area contributed by atoms with Crippen LogP contribution in [0.3, 0.4) is 0 Å². The third-order valence-corrected chi connectivity index (χ3v) is 3.34. The molecule has 2 aromatic carbocycles. The SMILES string of the molecule is CC(=O)Nc1ccc(C(C)=O)cc1OCCOc1cccc(Cl)c1. The first-order chi connectivity index (χ1) is 11.5. The van der Waals surface area contributed by atoms with Crippen molar-refractivity contribution < 1.29 is 19.1 Å². The van der Waals surface area contributed by atoms with Crippen LogP contribution in [0.15, 0.2) is 42.5 Å². The summed E-state index contributed by atoms with van der Waals surface area (Å²) >= 11 is 5.89. The normalized spacial score (nSPS) is 10.1. The van der Waals surface area contributed by atoms with Crippen molar-refractivity contribution in [2.75, 3.05) is 18.5 Å². The minimum atomic E-state index is -0.217. The Balaban J connectivity index is 2.00. The van der Waals surface area contributed by atoms with Crippen LogP contribution in [-0.2, 0) is 4.79 Å². The predicted octanol–water partition coefficient (Wildman–Crippen LogP) is 3.96. The summed E-state index contributed by atoms with van der Waals surface area (Å²) in [5.74, 6) is 0.772. The molecule has 0 unspecified atom stereocenters. The van der Waals surface area contributed by atoms with E-state index in [2.05, 4.69) is 5.32 Å². The first kappa shape index (κ1) is 17.8. The molecule has 0 saturated heterocycles. The summed E-state index contributed by atoms with van der Waals surface area (Å²) in [7, 11) is 0. The summed E-state index contributed by atoms with van der Waals surface area (Å²) in [5, 5.41) is 3.27. The number of benzene rings is 2. The van der Waals surface area contributed by atoms with E-state index in [1.807, 2.05) is 0 Å². The molecule has 0 aromatic heterocycles. The van der Waals surface area contributed by atoms with E-state index in [4.69, 9.17) is 21.1 Å². The molecule has 126 valence electrons. The number of nitrogens with one attached hydrogen (secondary N) is 1. The smallest absolute Gasteiger partial charge is 0.221 e. The maximum atomic E-state index is 11.5. The molecule has 2 aromatic rings. The van der Waals surface area contributed by atoms with Gasteiger partial charge in [0.05, 0.1) is 5.69 Å². The van der Waals surface area contributed by atoms with Crippen LogP contribution in [0.25, 0.3) is 0 Å². The molecule has 0 aliphatic carbocycles. The Morgan fingerprint density at radius 2 is 1.79 bits per heavy atom. The summed E-state index contributed by atoms with van der Waals surface area (Å²) in [4.78, 5) is 22.8. The second kappa shape index (κ2) is 8.36. The van der Waals surface area contributed by atoms with Crippen molar-refractivity contribution >= 4 is 29.0 Å². The molecule has 0 spiro atoms. The van der Waals surface area contributed by atoms with Gasteiger partial charge in [-0.25, -0.2) is 0 Å². The third-order valence-electron chi connectivity index (χ3n) is 3.10. The van der Waals surface area contributed by atoms with E-state index in [1.54, 1.807) is 42.5 Å². The fraction of sp³-hybridized carbons (Fsp3) is 0.222. The van der Waals surface area contributed by atoms with Gasteiger partial charge in [-0.3, -0.25) is 9.59 Å². The van der Waals surface area contributed by atoms with E-state index in [9.17, 15) is 9.59 Å². The molecular formula is C18H18ClNO4. The van der Waals surface area contributed by atoms with Crippen LogP contribution in [0.4, 0.5) is 5.69 Å². The summed E-state index contributed by atoms with van der Waals surface area (Å²) < 4.78 is 11.2. The van der Waals surface area contributed by atoms with E-state index in [-0.39, 0.29) is 18.3 Å². The summed E-state index contributed by atoms with van der Waals surface area (Å²) in [5.41, 5.74) is 1.02. The van der Waals surface area contributed by atoms with Crippen LogP contribution < -0.4 is 14.8 Å². The highest BCUT2D eigenvalue weighted by atomic mass is 35.5. The van der Waals surface area contributed by atoms with E-state index < -0.39 is 0 Å². The molecular weight excluding hydrogens is 330 g/mol. The number of hydrogen-bond donors (Lipinski definition) is 1. The third kappa shape index (κ3) is 5.28. The number of Topliss-reactive ketones (excluding diaryl/α,β-unsaturated/α-hetero) is 1. The number of amides is 1. The monoisotopic (exact) mass is 347 g/mol. The van der Waals surface area contributed by atoms with Gasteiger partial charge in [0.25, 0.3) is 0 Å². The van der Waals surface area contributed by atoms with Gasteiger partial charge >= 0.3 is 0 Å². The van der Waals surface area contributed by atoms with Crippen LogP contribution >= 0.6 is 11.6 Å². The van der Waals surface area contributed by atoms with Crippen molar-refractivity contribution in [3.05, 3.63) is 53.1 Å². The fourth-order valence-electron chi connectivity index (χ4n) is 2.02. The van der Waals surface area contributed by atoms with E-state index in [0.717, 1.165) is 0 Å². The van der Waals surface area contributed by atoms with E-state index in [1.165, 1.54) is 13.8 Å². The molecule has 0 bridgehead atoms. The molecule has 24 heavy (non-hydrogen) atoms. The number of carbonyl (C=O) groups is 2. The maximum Gasteiger partial charge on any atom is 0.221 e. The van der Waals surface area contributed by atoms with Gasteiger partial charge < -0.3 is 14.8 Å². The molecule has 2 rings (SSSR count).